The summed E-state index contributed by atoms with van der Waals surface area (Å²) in [6, 6.07) is 12.7. The van der Waals surface area contributed by atoms with Gasteiger partial charge >= 0.3 is 0 Å². The van der Waals surface area contributed by atoms with Crippen molar-refractivity contribution in [2.45, 2.75) is 45.4 Å². The van der Waals surface area contributed by atoms with Gasteiger partial charge in [0.25, 0.3) is 0 Å². The quantitative estimate of drug-likeness (QED) is 0.585. The molecule has 31 heavy (non-hydrogen) atoms. The Balaban J connectivity index is 1.82. The maximum Gasteiger partial charge on any atom is 0.153 e. The van der Waals surface area contributed by atoms with Crippen LogP contribution >= 0.6 is 11.3 Å². The first-order valence-corrected chi connectivity index (χ1v) is 11.6. The minimum Gasteiger partial charge on any atom is -0.298 e. The number of aryl methyl sites for hydroxylation is 2. The summed E-state index contributed by atoms with van der Waals surface area (Å²) < 4.78 is 0. The number of carbonyl (C=O) groups excluding carboxylic acids is 1. The number of thiazole rings is 1. The maximum atomic E-state index is 13.0. The number of aromatic nitrogens is 3. The summed E-state index contributed by atoms with van der Waals surface area (Å²) in [5.74, 6) is 0.100. The van der Waals surface area contributed by atoms with Crippen LogP contribution in [0.25, 0.3) is 10.6 Å². The average molecular weight is 429 g/mol. The lowest BCUT2D eigenvalue weighted by atomic mass is 9.51. The summed E-state index contributed by atoms with van der Waals surface area (Å²) in [7, 11) is 0. The van der Waals surface area contributed by atoms with Gasteiger partial charge in [0.05, 0.1) is 27.3 Å². The van der Waals surface area contributed by atoms with Crippen LogP contribution in [0.5, 0.6) is 0 Å². The molecule has 0 radical (unpaired) electrons. The number of carbonyl (C=O) groups is 1. The number of Topliss-reactive ketones (excluding diaryl/α,β-unsaturated/α-hetero) is 1. The zero-order valence-electron chi connectivity index (χ0n) is 17.9. The smallest absolute Gasteiger partial charge is 0.153 e. The van der Waals surface area contributed by atoms with E-state index in [1.807, 2.05) is 45.2 Å². The van der Waals surface area contributed by atoms with Gasteiger partial charge in [0, 0.05) is 23.1 Å². The fourth-order valence-corrected chi connectivity index (χ4v) is 6.57. The Kier molecular flexibility index (Phi) is 4.75. The normalized spacial score (nSPS) is 27.3. The molecule has 0 amide bonds. The maximum absolute atomic E-state index is 13.0. The number of nitrogens with zero attached hydrogens (tertiary/aromatic N) is 4. The Hall–Kier alpha value is -2.91. The number of nitriles is 1. The first-order chi connectivity index (χ1) is 15.0. The molecule has 0 saturated heterocycles. The summed E-state index contributed by atoms with van der Waals surface area (Å²) in [5.41, 5.74) is 3.78. The van der Waals surface area contributed by atoms with Crippen LogP contribution in [-0.2, 0) is 16.6 Å². The van der Waals surface area contributed by atoms with Crippen molar-refractivity contribution < 1.29 is 4.79 Å². The second-order valence-electron chi connectivity index (χ2n) is 8.75. The van der Waals surface area contributed by atoms with E-state index in [1.54, 1.807) is 11.3 Å². The number of fused-ring (bicyclic) bond motifs is 3. The van der Waals surface area contributed by atoms with Gasteiger partial charge in [-0.25, -0.2) is 15.0 Å². The van der Waals surface area contributed by atoms with E-state index in [9.17, 15) is 10.1 Å². The molecule has 1 fully saturated rings. The molecule has 2 heterocycles. The van der Waals surface area contributed by atoms with Crippen LogP contribution in [0.4, 0.5) is 0 Å². The Labute approximate surface area is 186 Å². The van der Waals surface area contributed by atoms with Crippen molar-refractivity contribution >= 4 is 17.1 Å². The predicted octanol–water partition coefficient (Wildman–Crippen LogP) is 4.81. The number of rotatable bonds is 2. The van der Waals surface area contributed by atoms with E-state index in [0.29, 0.717) is 12.2 Å². The van der Waals surface area contributed by atoms with Crippen LogP contribution in [0.3, 0.4) is 0 Å². The van der Waals surface area contributed by atoms with Crippen LogP contribution in [-0.4, -0.2) is 20.7 Å². The highest BCUT2D eigenvalue weighted by Gasteiger charge is 2.56. The number of ketones is 1. The Bertz CT molecular complexity index is 1210. The van der Waals surface area contributed by atoms with Crippen LogP contribution < -0.4 is 0 Å². The van der Waals surface area contributed by atoms with Gasteiger partial charge < -0.3 is 0 Å². The largest absolute Gasteiger partial charge is 0.298 e. The predicted molar refractivity (Wildman–Crippen MR) is 120 cm³/mol. The van der Waals surface area contributed by atoms with Crippen molar-refractivity contribution in [3.05, 3.63) is 64.2 Å². The average Bonchev–Trinajstić information content (AvgIpc) is 3.22. The van der Waals surface area contributed by atoms with Gasteiger partial charge in [0.1, 0.15) is 11.7 Å². The molecule has 2 aliphatic rings. The standard InChI is InChI=1S/C25H24N4OS/c1-14-20-10-9-19-22(21-13-27-16(3)31-21)28-15(2)29-24(19)25(20,11-17(12-26)23(14)30)18-7-5-4-6-8-18/h4-8,13-14,17,20H,9-11H2,1-3H3/t14-,17?,20-,25+/m0/s1. The topological polar surface area (TPSA) is 79.5 Å². The third-order valence-electron chi connectivity index (χ3n) is 7.10. The molecule has 0 aliphatic heterocycles. The SMILES string of the molecule is Cc1nc(-c2cnc(C)s2)c2c(n1)[C@@]1(c3ccccc3)CC(C#N)C(=O)[C@@H](C)[C@@H]1CC2. The van der Waals surface area contributed by atoms with Gasteiger partial charge in [-0.05, 0) is 44.6 Å². The van der Waals surface area contributed by atoms with Gasteiger partial charge in [0.15, 0.2) is 5.78 Å². The van der Waals surface area contributed by atoms with Crippen molar-refractivity contribution in [2.24, 2.45) is 17.8 Å². The molecule has 3 aromatic rings. The van der Waals surface area contributed by atoms with E-state index >= 15 is 0 Å². The molecule has 5 nitrogen and oxygen atoms in total. The molecule has 2 aromatic heterocycles. The molecular weight excluding hydrogens is 404 g/mol. The van der Waals surface area contributed by atoms with Crippen molar-refractivity contribution in [3.8, 4) is 16.6 Å². The summed E-state index contributed by atoms with van der Waals surface area (Å²) in [6.07, 6.45) is 4.08. The minimum absolute atomic E-state index is 0.0755. The van der Waals surface area contributed by atoms with Crippen molar-refractivity contribution in [1.82, 2.24) is 15.0 Å². The van der Waals surface area contributed by atoms with Gasteiger partial charge in [-0.1, -0.05) is 37.3 Å². The lowest BCUT2D eigenvalue weighted by molar-refractivity contribution is -0.131. The van der Waals surface area contributed by atoms with Crippen molar-refractivity contribution in [3.63, 3.8) is 0 Å². The molecule has 2 aliphatic carbocycles. The van der Waals surface area contributed by atoms with Gasteiger partial charge in [-0.3, -0.25) is 4.79 Å². The highest BCUT2D eigenvalue weighted by atomic mass is 32.1. The summed E-state index contributed by atoms with van der Waals surface area (Å²) >= 11 is 1.64. The van der Waals surface area contributed by atoms with E-state index in [0.717, 1.165) is 45.2 Å². The van der Waals surface area contributed by atoms with Crippen molar-refractivity contribution in [2.75, 3.05) is 0 Å². The van der Waals surface area contributed by atoms with E-state index in [4.69, 9.17) is 9.97 Å². The second-order valence-corrected chi connectivity index (χ2v) is 9.98. The number of benzene rings is 1. The molecule has 4 atom stereocenters. The zero-order valence-corrected chi connectivity index (χ0v) is 18.7. The Morgan fingerprint density at radius 1 is 1.19 bits per heavy atom. The molecule has 0 bridgehead atoms. The molecule has 0 spiro atoms. The van der Waals surface area contributed by atoms with Gasteiger partial charge in [-0.2, -0.15) is 5.26 Å². The summed E-state index contributed by atoms with van der Waals surface area (Å²) in [6.45, 7) is 5.93. The van der Waals surface area contributed by atoms with E-state index in [2.05, 4.69) is 23.2 Å². The third kappa shape index (κ3) is 2.95. The van der Waals surface area contributed by atoms with Crippen LogP contribution in [0.1, 0.15) is 47.4 Å². The molecule has 1 aromatic carbocycles. The fraction of sp³-hybridized carbons (Fsp3) is 0.400. The molecule has 0 N–H and O–H groups in total. The minimum atomic E-state index is -0.623. The van der Waals surface area contributed by atoms with E-state index in [-0.39, 0.29) is 17.6 Å². The number of hydrogen-bond donors (Lipinski definition) is 0. The lowest BCUT2D eigenvalue weighted by Gasteiger charge is -2.51. The summed E-state index contributed by atoms with van der Waals surface area (Å²) in [4.78, 5) is 28.3. The van der Waals surface area contributed by atoms with Gasteiger partial charge in [0.2, 0.25) is 0 Å². The molecular formula is C25H24N4OS. The van der Waals surface area contributed by atoms with Gasteiger partial charge in [-0.15, -0.1) is 11.3 Å². The molecule has 6 heteroatoms. The monoisotopic (exact) mass is 428 g/mol. The van der Waals surface area contributed by atoms with Crippen molar-refractivity contribution in [1.29, 1.82) is 5.26 Å². The second kappa shape index (κ2) is 7.35. The molecule has 5 rings (SSSR count). The highest BCUT2D eigenvalue weighted by Crippen LogP contribution is 2.56. The summed E-state index contributed by atoms with van der Waals surface area (Å²) in [5, 5.41) is 10.9. The zero-order chi connectivity index (χ0) is 21.8. The molecule has 1 unspecified atom stereocenters. The lowest BCUT2D eigenvalue weighted by Crippen LogP contribution is -2.53. The Morgan fingerprint density at radius 3 is 2.65 bits per heavy atom. The fourth-order valence-electron chi connectivity index (χ4n) is 5.77. The van der Waals surface area contributed by atoms with Crippen LogP contribution in [0, 0.1) is 42.9 Å². The van der Waals surface area contributed by atoms with E-state index < -0.39 is 11.3 Å². The first kappa shape index (κ1) is 20.0. The highest BCUT2D eigenvalue weighted by molar-refractivity contribution is 7.15. The van der Waals surface area contributed by atoms with E-state index in [1.165, 1.54) is 0 Å². The third-order valence-corrected chi connectivity index (χ3v) is 8.02. The van der Waals surface area contributed by atoms with Crippen LogP contribution in [0.15, 0.2) is 36.5 Å². The number of hydrogen-bond acceptors (Lipinski definition) is 6. The first-order valence-electron chi connectivity index (χ1n) is 10.8. The molecule has 156 valence electrons. The molecule has 1 saturated carbocycles. The van der Waals surface area contributed by atoms with Crippen LogP contribution in [0.2, 0.25) is 0 Å². The Morgan fingerprint density at radius 2 is 1.97 bits per heavy atom.